The fraction of sp³-hybridized carbons (Fsp3) is 0.538. The molecular formula is C13H19Cl2N3. The van der Waals surface area contributed by atoms with Gasteiger partial charge in [0.15, 0.2) is 0 Å². The summed E-state index contributed by atoms with van der Waals surface area (Å²) in [6, 6.07) is 6.08. The van der Waals surface area contributed by atoms with Gasteiger partial charge in [-0.05, 0) is 24.7 Å². The topological polar surface area (TPSA) is 32.5 Å². The van der Waals surface area contributed by atoms with Gasteiger partial charge in [-0.1, -0.05) is 29.3 Å². The van der Waals surface area contributed by atoms with Crippen molar-refractivity contribution in [2.75, 3.05) is 33.2 Å². The maximum absolute atomic E-state index is 6.22. The Morgan fingerprint density at radius 3 is 2.78 bits per heavy atom. The summed E-state index contributed by atoms with van der Waals surface area (Å²) in [5, 5.41) is 1.41. The zero-order chi connectivity index (χ0) is 13.1. The van der Waals surface area contributed by atoms with Crippen molar-refractivity contribution in [2.45, 2.75) is 12.6 Å². The van der Waals surface area contributed by atoms with Crippen molar-refractivity contribution in [2.24, 2.45) is 5.73 Å². The number of hydrogen-bond donors (Lipinski definition) is 1. The molecule has 0 aliphatic carbocycles. The van der Waals surface area contributed by atoms with Crippen LogP contribution in [0, 0.1) is 0 Å². The van der Waals surface area contributed by atoms with E-state index in [9.17, 15) is 0 Å². The fourth-order valence-electron chi connectivity index (χ4n) is 2.35. The number of likely N-dealkylation sites (N-methyl/N-ethyl adjacent to an activating group) is 1. The zero-order valence-corrected chi connectivity index (χ0v) is 12.1. The van der Waals surface area contributed by atoms with Crippen LogP contribution in [-0.4, -0.2) is 49.1 Å². The average molecular weight is 288 g/mol. The van der Waals surface area contributed by atoms with Crippen LogP contribution < -0.4 is 5.73 Å². The van der Waals surface area contributed by atoms with Gasteiger partial charge in [0.2, 0.25) is 0 Å². The van der Waals surface area contributed by atoms with Gasteiger partial charge < -0.3 is 10.6 Å². The Bertz CT molecular complexity index is 411. The minimum absolute atomic E-state index is 0.399. The van der Waals surface area contributed by atoms with E-state index >= 15 is 0 Å². The summed E-state index contributed by atoms with van der Waals surface area (Å²) in [7, 11) is 2.13. The lowest BCUT2D eigenvalue weighted by Gasteiger charge is -2.39. The summed E-state index contributed by atoms with van der Waals surface area (Å²) < 4.78 is 0. The minimum atomic E-state index is 0.399. The molecule has 0 amide bonds. The molecule has 1 heterocycles. The summed E-state index contributed by atoms with van der Waals surface area (Å²) in [4.78, 5) is 4.71. The summed E-state index contributed by atoms with van der Waals surface area (Å²) in [6.45, 7) is 4.63. The fourth-order valence-corrected chi connectivity index (χ4v) is 2.82. The molecular weight excluding hydrogens is 269 g/mol. The number of piperazine rings is 1. The summed E-state index contributed by atoms with van der Waals surface area (Å²) in [5.74, 6) is 0. The Hall–Kier alpha value is -0.320. The maximum atomic E-state index is 6.22. The predicted octanol–water partition coefficient (Wildman–Crippen LogP) is 2.07. The molecule has 1 unspecified atom stereocenters. The van der Waals surface area contributed by atoms with E-state index in [1.54, 1.807) is 6.07 Å². The molecule has 0 radical (unpaired) electrons. The number of rotatable bonds is 3. The Labute approximate surface area is 118 Å². The van der Waals surface area contributed by atoms with Crippen molar-refractivity contribution >= 4 is 23.2 Å². The van der Waals surface area contributed by atoms with Crippen molar-refractivity contribution in [3.8, 4) is 0 Å². The van der Waals surface area contributed by atoms with E-state index in [2.05, 4.69) is 16.8 Å². The zero-order valence-electron chi connectivity index (χ0n) is 10.6. The van der Waals surface area contributed by atoms with Crippen molar-refractivity contribution in [1.29, 1.82) is 0 Å². The number of nitrogens with zero attached hydrogens (tertiary/aromatic N) is 2. The Morgan fingerprint density at radius 1 is 1.33 bits per heavy atom. The Balaban J connectivity index is 2.07. The first-order valence-electron chi connectivity index (χ1n) is 6.16. The van der Waals surface area contributed by atoms with E-state index in [1.807, 2.05) is 12.1 Å². The smallest absolute Gasteiger partial charge is 0.0465 e. The molecule has 1 aliphatic heterocycles. The van der Waals surface area contributed by atoms with Gasteiger partial charge in [0.05, 0.1) is 0 Å². The molecule has 2 N–H and O–H groups in total. The van der Waals surface area contributed by atoms with Crippen LogP contribution in [0.5, 0.6) is 0 Å². The molecule has 5 heteroatoms. The second-order valence-electron chi connectivity index (χ2n) is 4.86. The van der Waals surface area contributed by atoms with Crippen LogP contribution in [0.1, 0.15) is 5.56 Å². The van der Waals surface area contributed by atoms with Gasteiger partial charge in [0, 0.05) is 48.8 Å². The van der Waals surface area contributed by atoms with Gasteiger partial charge in [0.25, 0.3) is 0 Å². The molecule has 0 bridgehead atoms. The third kappa shape index (κ3) is 3.37. The van der Waals surface area contributed by atoms with Crippen LogP contribution in [0.4, 0.5) is 0 Å². The monoisotopic (exact) mass is 287 g/mol. The van der Waals surface area contributed by atoms with E-state index in [4.69, 9.17) is 28.9 Å². The summed E-state index contributed by atoms with van der Waals surface area (Å²) in [5.41, 5.74) is 6.96. The molecule has 0 aromatic heterocycles. The highest BCUT2D eigenvalue weighted by molar-refractivity contribution is 6.35. The third-order valence-electron chi connectivity index (χ3n) is 3.47. The molecule has 2 rings (SSSR count). The van der Waals surface area contributed by atoms with E-state index in [-0.39, 0.29) is 0 Å². The van der Waals surface area contributed by atoms with Crippen molar-refractivity contribution in [3.05, 3.63) is 33.8 Å². The molecule has 3 nitrogen and oxygen atoms in total. The normalized spacial score (nSPS) is 22.3. The Morgan fingerprint density at radius 2 is 2.11 bits per heavy atom. The van der Waals surface area contributed by atoms with Crippen LogP contribution in [0.15, 0.2) is 18.2 Å². The quantitative estimate of drug-likeness (QED) is 0.924. The number of hydrogen-bond acceptors (Lipinski definition) is 3. The lowest BCUT2D eigenvalue weighted by atomic mass is 10.1. The van der Waals surface area contributed by atoms with Crippen LogP contribution in [-0.2, 0) is 6.54 Å². The van der Waals surface area contributed by atoms with Crippen molar-refractivity contribution < 1.29 is 0 Å². The highest BCUT2D eigenvalue weighted by Crippen LogP contribution is 2.23. The second kappa shape index (κ2) is 6.22. The number of halogens is 2. The number of benzene rings is 1. The van der Waals surface area contributed by atoms with Gasteiger partial charge in [-0.15, -0.1) is 0 Å². The standard InChI is InChI=1S/C13H19Cl2N3/c1-17-4-5-18(12(7-16)9-17)8-10-2-3-11(14)6-13(10)15/h2-3,6,12H,4-5,7-9,16H2,1H3. The second-order valence-corrected chi connectivity index (χ2v) is 5.70. The predicted molar refractivity (Wildman–Crippen MR) is 77.2 cm³/mol. The van der Waals surface area contributed by atoms with Crippen LogP contribution in [0.2, 0.25) is 10.0 Å². The van der Waals surface area contributed by atoms with Gasteiger partial charge >= 0.3 is 0 Å². The molecule has 0 saturated carbocycles. The lowest BCUT2D eigenvalue weighted by Crippen LogP contribution is -2.54. The molecule has 100 valence electrons. The minimum Gasteiger partial charge on any atom is -0.329 e. The highest BCUT2D eigenvalue weighted by Gasteiger charge is 2.24. The van der Waals surface area contributed by atoms with Crippen LogP contribution in [0.3, 0.4) is 0 Å². The molecule has 18 heavy (non-hydrogen) atoms. The van der Waals surface area contributed by atoms with E-state index in [0.717, 1.165) is 36.8 Å². The molecule has 1 atom stereocenters. The van der Waals surface area contributed by atoms with Gasteiger partial charge in [-0.2, -0.15) is 0 Å². The molecule has 0 spiro atoms. The summed E-state index contributed by atoms with van der Waals surface area (Å²) in [6.07, 6.45) is 0. The SMILES string of the molecule is CN1CCN(Cc2ccc(Cl)cc2Cl)C(CN)C1. The molecule has 1 aliphatic rings. The molecule has 1 aromatic carbocycles. The first-order valence-corrected chi connectivity index (χ1v) is 6.92. The van der Waals surface area contributed by atoms with Crippen molar-refractivity contribution in [3.63, 3.8) is 0 Å². The van der Waals surface area contributed by atoms with E-state index < -0.39 is 0 Å². The highest BCUT2D eigenvalue weighted by atomic mass is 35.5. The largest absolute Gasteiger partial charge is 0.329 e. The van der Waals surface area contributed by atoms with E-state index in [1.165, 1.54) is 0 Å². The van der Waals surface area contributed by atoms with Gasteiger partial charge in [0.1, 0.15) is 0 Å². The third-order valence-corrected chi connectivity index (χ3v) is 4.06. The first-order chi connectivity index (χ1) is 8.60. The molecule has 1 fully saturated rings. The first kappa shape index (κ1) is 14.1. The van der Waals surface area contributed by atoms with Crippen LogP contribution in [0.25, 0.3) is 0 Å². The average Bonchev–Trinajstić information content (AvgIpc) is 2.34. The van der Waals surface area contributed by atoms with Crippen LogP contribution >= 0.6 is 23.2 Å². The Kier molecular flexibility index (Phi) is 4.87. The number of nitrogens with two attached hydrogens (primary N) is 1. The lowest BCUT2D eigenvalue weighted by molar-refractivity contribution is 0.0881. The van der Waals surface area contributed by atoms with Gasteiger partial charge in [-0.3, -0.25) is 4.90 Å². The van der Waals surface area contributed by atoms with E-state index in [0.29, 0.717) is 17.6 Å². The van der Waals surface area contributed by atoms with Gasteiger partial charge in [-0.25, -0.2) is 0 Å². The molecule has 1 aromatic rings. The molecule has 1 saturated heterocycles. The van der Waals surface area contributed by atoms with Crippen molar-refractivity contribution in [1.82, 2.24) is 9.80 Å². The summed E-state index contributed by atoms with van der Waals surface area (Å²) >= 11 is 12.1. The maximum Gasteiger partial charge on any atom is 0.0465 e.